The lowest BCUT2D eigenvalue weighted by molar-refractivity contribution is 0.386. The second-order valence-corrected chi connectivity index (χ2v) is 5.64. The van der Waals surface area contributed by atoms with Crippen LogP contribution < -0.4 is 15.0 Å². The minimum absolute atomic E-state index is 0.301. The molecule has 1 unspecified atom stereocenters. The van der Waals surface area contributed by atoms with Crippen molar-refractivity contribution in [3.05, 3.63) is 53.3 Å². The summed E-state index contributed by atoms with van der Waals surface area (Å²) >= 11 is 0. The summed E-state index contributed by atoms with van der Waals surface area (Å²) in [5, 5.41) is 3.35. The number of benzene rings is 2. The number of fused-ring (bicyclic) bond motifs is 4. The van der Waals surface area contributed by atoms with Gasteiger partial charge in [-0.05, 0) is 17.5 Å². The predicted molar refractivity (Wildman–Crippen MR) is 81.6 cm³/mol. The Labute approximate surface area is 123 Å². The van der Waals surface area contributed by atoms with Crippen LogP contribution in [0, 0.1) is 5.82 Å². The molecular weight excluding hydrogens is 267 g/mol. The van der Waals surface area contributed by atoms with E-state index in [-0.39, 0.29) is 5.82 Å². The summed E-state index contributed by atoms with van der Waals surface area (Å²) in [6.07, 6.45) is 1.02. The van der Waals surface area contributed by atoms with Crippen LogP contribution in [0.3, 0.4) is 0 Å². The van der Waals surface area contributed by atoms with Gasteiger partial charge in [0.1, 0.15) is 0 Å². The van der Waals surface area contributed by atoms with Crippen molar-refractivity contribution < 1.29 is 9.13 Å². The molecule has 0 saturated carbocycles. The van der Waals surface area contributed by atoms with Crippen LogP contribution >= 0.6 is 0 Å². The Balaban J connectivity index is 1.78. The van der Waals surface area contributed by atoms with Crippen molar-refractivity contribution in [1.82, 2.24) is 0 Å². The SMILES string of the molecule is COc1cc2c(cc1F)NCC1Cc3ccccc3CN21. The fraction of sp³-hybridized carbons (Fsp3) is 0.294. The van der Waals surface area contributed by atoms with Crippen molar-refractivity contribution in [2.75, 3.05) is 23.9 Å². The van der Waals surface area contributed by atoms with Crippen molar-refractivity contribution in [3.8, 4) is 5.75 Å². The zero-order chi connectivity index (χ0) is 14.4. The first kappa shape index (κ1) is 12.5. The molecule has 2 aliphatic rings. The lowest BCUT2D eigenvalue weighted by Gasteiger charge is -2.43. The number of rotatable bonds is 1. The number of nitrogens with zero attached hydrogens (tertiary/aromatic N) is 1. The number of hydrogen-bond donors (Lipinski definition) is 1. The van der Waals surface area contributed by atoms with E-state index in [1.807, 2.05) is 0 Å². The van der Waals surface area contributed by atoms with Gasteiger partial charge in [-0.15, -0.1) is 0 Å². The topological polar surface area (TPSA) is 24.5 Å². The van der Waals surface area contributed by atoms with Crippen LogP contribution in [-0.4, -0.2) is 19.7 Å². The van der Waals surface area contributed by atoms with Crippen LogP contribution in [0.1, 0.15) is 11.1 Å². The second kappa shape index (κ2) is 4.65. The van der Waals surface area contributed by atoms with Gasteiger partial charge < -0.3 is 15.0 Å². The molecule has 2 heterocycles. The fourth-order valence-electron chi connectivity index (χ4n) is 3.36. The first-order valence-electron chi connectivity index (χ1n) is 7.21. The molecule has 0 spiro atoms. The number of halogens is 1. The smallest absolute Gasteiger partial charge is 0.167 e. The van der Waals surface area contributed by atoms with Gasteiger partial charge in [0.15, 0.2) is 11.6 Å². The maximum absolute atomic E-state index is 13.9. The molecule has 0 radical (unpaired) electrons. The third-order valence-electron chi connectivity index (χ3n) is 4.46. The zero-order valence-corrected chi connectivity index (χ0v) is 11.9. The summed E-state index contributed by atoms with van der Waals surface area (Å²) in [4.78, 5) is 2.36. The van der Waals surface area contributed by atoms with E-state index in [2.05, 4.69) is 34.5 Å². The molecule has 4 heteroatoms. The van der Waals surface area contributed by atoms with E-state index >= 15 is 0 Å². The van der Waals surface area contributed by atoms with E-state index in [0.29, 0.717) is 11.8 Å². The highest BCUT2D eigenvalue weighted by Crippen LogP contribution is 2.40. The third kappa shape index (κ3) is 1.94. The van der Waals surface area contributed by atoms with E-state index in [9.17, 15) is 4.39 Å². The number of hydrogen-bond acceptors (Lipinski definition) is 3. The van der Waals surface area contributed by atoms with Crippen LogP contribution in [0.4, 0.5) is 15.8 Å². The molecule has 0 aliphatic carbocycles. The third-order valence-corrected chi connectivity index (χ3v) is 4.46. The van der Waals surface area contributed by atoms with Crippen molar-refractivity contribution in [1.29, 1.82) is 0 Å². The number of anilines is 2. The summed E-state index contributed by atoms with van der Waals surface area (Å²) in [6, 6.07) is 12.3. The normalized spacial score (nSPS) is 19.1. The molecule has 108 valence electrons. The van der Waals surface area contributed by atoms with E-state index in [0.717, 1.165) is 30.9 Å². The monoisotopic (exact) mass is 284 g/mol. The summed E-state index contributed by atoms with van der Waals surface area (Å²) in [7, 11) is 1.50. The molecule has 2 aromatic rings. The summed E-state index contributed by atoms with van der Waals surface area (Å²) in [6.45, 7) is 1.71. The lowest BCUT2D eigenvalue weighted by atomic mass is 9.91. The Morgan fingerprint density at radius 1 is 1.24 bits per heavy atom. The molecule has 21 heavy (non-hydrogen) atoms. The van der Waals surface area contributed by atoms with Crippen molar-refractivity contribution in [3.63, 3.8) is 0 Å². The van der Waals surface area contributed by atoms with Gasteiger partial charge >= 0.3 is 0 Å². The molecule has 4 rings (SSSR count). The van der Waals surface area contributed by atoms with Crippen LogP contribution in [0.15, 0.2) is 36.4 Å². The Hall–Kier alpha value is -2.23. The van der Waals surface area contributed by atoms with E-state index in [1.165, 1.54) is 24.3 Å². The average molecular weight is 284 g/mol. The second-order valence-electron chi connectivity index (χ2n) is 5.64. The molecule has 0 fully saturated rings. The zero-order valence-electron chi connectivity index (χ0n) is 11.9. The van der Waals surface area contributed by atoms with Crippen LogP contribution in [0.5, 0.6) is 5.75 Å². The maximum Gasteiger partial charge on any atom is 0.167 e. The Bertz CT molecular complexity index is 701. The molecule has 1 atom stereocenters. The molecule has 0 bridgehead atoms. The van der Waals surface area contributed by atoms with Crippen LogP contribution in [0.2, 0.25) is 0 Å². The van der Waals surface area contributed by atoms with Gasteiger partial charge in [0.05, 0.1) is 24.5 Å². The molecule has 1 N–H and O–H groups in total. The highest BCUT2D eigenvalue weighted by Gasteiger charge is 2.31. The highest BCUT2D eigenvalue weighted by molar-refractivity contribution is 5.75. The van der Waals surface area contributed by atoms with Crippen molar-refractivity contribution >= 4 is 11.4 Å². The Morgan fingerprint density at radius 2 is 2.05 bits per heavy atom. The molecule has 0 saturated heterocycles. The lowest BCUT2D eigenvalue weighted by Crippen LogP contribution is -2.47. The molecule has 3 nitrogen and oxygen atoms in total. The molecule has 0 aromatic heterocycles. The van der Waals surface area contributed by atoms with Crippen LogP contribution in [-0.2, 0) is 13.0 Å². The van der Waals surface area contributed by atoms with Gasteiger partial charge in [0.25, 0.3) is 0 Å². The molecule has 0 amide bonds. The molecule has 2 aliphatic heterocycles. The maximum atomic E-state index is 13.9. The number of nitrogens with one attached hydrogen (secondary N) is 1. The minimum Gasteiger partial charge on any atom is -0.494 e. The Morgan fingerprint density at radius 3 is 2.86 bits per heavy atom. The Kier molecular flexibility index (Phi) is 2.77. The van der Waals surface area contributed by atoms with Crippen molar-refractivity contribution in [2.24, 2.45) is 0 Å². The number of ether oxygens (including phenoxy) is 1. The first-order valence-corrected chi connectivity index (χ1v) is 7.21. The van der Waals surface area contributed by atoms with Gasteiger partial charge in [0.2, 0.25) is 0 Å². The fourth-order valence-corrected chi connectivity index (χ4v) is 3.36. The summed E-state index contributed by atoms with van der Waals surface area (Å²) in [5.41, 5.74) is 4.64. The number of methoxy groups -OCH3 is 1. The van der Waals surface area contributed by atoms with Gasteiger partial charge in [-0.3, -0.25) is 0 Å². The van der Waals surface area contributed by atoms with Gasteiger partial charge in [-0.25, -0.2) is 4.39 Å². The summed E-state index contributed by atoms with van der Waals surface area (Å²) < 4.78 is 19.0. The van der Waals surface area contributed by atoms with Gasteiger partial charge in [0, 0.05) is 25.2 Å². The van der Waals surface area contributed by atoms with E-state index in [1.54, 1.807) is 6.07 Å². The van der Waals surface area contributed by atoms with Crippen LogP contribution in [0.25, 0.3) is 0 Å². The van der Waals surface area contributed by atoms with Gasteiger partial charge in [-0.2, -0.15) is 0 Å². The predicted octanol–water partition coefficient (Wildman–Crippen LogP) is 3.19. The van der Waals surface area contributed by atoms with Gasteiger partial charge in [-0.1, -0.05) is 24.3 Å². The van der Waals surface area contributed by atoms with Crippen molar-refractivity contribution in [2.45, 2.75) is 19.0 Å². The van der Waals surface area contributed by atoms with E-state index < -0.39 is 0 Å². The standard InChI is InChI=1S/C17H17FN2O/c1-21-17-8-16-15(7-14(17)18)19-9-13-6-11-4-2-3-5-12(11)10-20(13)16/h2-5,7-8,13,19H,6,9-10H2,1H3. The summed E-state index contributed by atoms with van der Waals surface area (Å²) in [5.74, 6) is -0.0188. The van der Waals surface area contributed by atoms with E-state index in [4.69, 9.17) is 4.74 Å². The molecular formula is C17H17FN2O. The highest BCUT2D eigenvalue weighted by atomic mass is 19.1. The first-order chi connectivity index (χ1) is 10.3. The molecule has 2 aromatic carbocycles. The minimum atomic E-state index is -0.320. The largest absolute Gasteiger partial charge is 0.494 e. The average Bonchev–Trinajstić information content (AvgIpc) is 2.52. The quantitative estimate of drug-likeness (QED) is 0.870.